The molecule has 0 atom stereocenters. The number of rotatable bonds is 8. The highest BCUT2D eigenvalue weighted by atomic mass is 127. The van der Waals surface area contributed by atoms with Gasteiger partial charge in [0.25, 0.3) is 0 Å². The maximum absolute atomic E-state index is 4.70. The molecule has 1 aromatic carbocycles. The summed E-state index contributed by atoms with van der Waals surface area (Å²) in [5.74, 6) is 1.58. The Kier molecular flexibility index (Phi) is 9.10. The van der Waals surface area contributed by atoms with Crippen LogP contribution in [0, 0.1) is 13.8 Å². The highest BCUT2D eigenvalue weighted by molar-refractivity contribution is 14.0. The van der Waals surface area contributed by atoms with Crippen LogP contribution >= 0.6 is 24.0 Å². The zero-order chi connectivity index (χ0) is 19.8. The summed E-state index contributed by atoms with van der Waals surface area (Å²) in [6.07, 6.45) is 2.49. The third kappa shape index (κ3) is 6.84. The second kappa shape index (κ2) is 11.5. The smallest absolute Gasteiger partial charge is 0.191 e. The summed E-state index contributed by atoms with van der Waals surface area (Å²) in [6.45, 7) is 9.32. The average Bonchev–Trinajstić information content (AvgIpc) is 3.33. The Bertz CT molecular complexity index is 901. The minimum Gasteiger partial charge on any atom is -0.357 e. The first-order chi connectivity index (χ1) is 13.7. The fourth-order valence-electron chi connectivity index (χ4n) is 3.01. The maximum atomic E-state index is 4.70. The highest BCUT2D eigenvalue weighted by Gasteiger charge is 2.03. The number of hydrogen-bond acceptors (Lipinski definition) is 4. The van der Waals surface area contributed by atoms with Gasteiger partial charge in [-0.2, -0.15) is 10.2 Å². The van der Waals surface area contributed by atoms with Crippen LogP contribution in [0.15, 0.2) is 41.7 Å². The van der Waals surface area contributed by atoms with Crippen molar-refractivity contribution in [3.05, 3.63) is 53.6 Å². The molecular weight excluding hydrogens is 479 g/mol. The van der Waals surface area contributed by atoms with Gasteiger partial charge in [0.05, 0.1) is 12.2 Å². The molecule has 29 heavy (non-hydrogen) atoms. The van der Waals surface area contributed by atoms with Crippen molar-refractivity contribution in [3.63, 3.8) is 0 Å². The first-order valence-electron chi connectivity index (χ1n) is 9.63. The lowest BCUT2D eigenvalue weighted by Gasteiger charge is -2.12. The number of halogens is 1. The lowest BCUT2D eigenvalue weighted by molar-refractivity contribution is 0.555. The van der Waals surface area contributed by atoms with Crippen molar-refractivity contribution < 1.29 is 0 Å². The molecule has 2 heterocycles. The Labute approximate surface area is 188 Å². The van der Waals surface area contributed by atoms with E-state index < -0.39 is 0 Å². The van der Waals surface area contributed by atoms with Crippen LogP contribution in [0.3, 0.4) is 0 Å². The summed E-state index contributed by atoms with van der Waals surface area (Å²) in [5.41, 5.74) is 4.39. The highest BCUT2D eigenvalue weighted by Crippen LogP contribution is 2.15. The summed E-state index contributed by atoms with van der Waals surface area (Å²) < 4.78 is 2.05. The molecule has 0 saturated carbocycles. The van der Waals surface area contributed by atoms with E-state index in [1.54, 1.807) is 0 Å². The van der Waals surface area contributed by atoms with Crippen molar-refractivity contribution in [2.24, 2.45) is 4.99 Å². The molecule has 0 amide bonds. The van der Waals surface area contributed by atoms with Crippen LogP contribution in [-0.2, 0) is 13.1 Å². The molecule has 2 aromatic heterocycles. The van der Waals surface area contributed by atoms with E-state index in [-0.39, 0.29) is 24.0 Å². The van der Waals surface area contributed by atoms with E-state index in [1.165, 1.54) is 12.0 Å². The summed E-state index contributed by atoms with van der Waals surface area (Å²) in [5, 5.41) is 18.0. The number of nitrogens with one attached hydrogen (secondary N) is 3. The second-order valence-electron chi connectivity index (χ2n) is 6.66. The van der Waals surface area contributed by atoms with Crippen LogP contribution < -0.4 is 10.6 Å². The van der Waals surface area contributed by atoms with Crippen molar-refractivity contribution in [1.29, 1.82) is 0 Å². The number of nitrogens with zero attached hydrogens (tertiary/aromatic N) is 5. The average molecular weight is 508 g/mol. The van der Waals surface area contributed by atoms with Gasteiger partial charge in [-0.1, -0.05) is 18.2 Å². The van der Waals surface area contributed by atoms with Gasteiger partial charge in [0.2, 0.25) is 0 Å². The Balaban J connectivity index is 0.00000300. The van der Waals surface area contributed by atoms with E-state index in [0.717, 1.165) is 54.7 Å². The molecule has 3 N–H and O–H groups in total. The van der Waals surface area contributed by atoms with E-state index in [1.807, 2.05) is 19.1 Å². The predicted octanol–water partition coefficient (Wildman–Crippen LogP) is 3.05. The fourth-order valence-corrected chi connectivity index (χ4v) is 3.01. The lowest BCUT2D eigenvalue weighted by atomic mass is 10.1. The normalized spacial score (nSPS) is 11.2. The van der Waals surface area contributed by atoms with Crippen LogP contribution in [0.5, 0.6) is 0 Å². The quantitative estimate of drug-likeness (QED) is 0.188. The van der Waals surface area contributed by atoms with Crippen LogP contribution in [0.2, 0.25) is 0 Å². The third-order valence-corrected chi connectivity index (χ3v) is 4.32. The fraction of sp³-hybridized carbons (Fsp3) is 0.400. The molecule has 0 bridgehead atoms. The molecule has 0 saturated heterocycles. The number of hydrogen-bond donors (Lipinski definition) is 3. The molecule has 0 fully saturated rings. The number of aliphatic imine (C=N–C) groups is 1. The predicted molar refractivity (Wildman–Crippen MR) is 126 cm³/mol. The van der Waals surface area contributed by atoms with E-state index in [0.29, 0.717) is 6.54 Å². The molecule has 8 nitrogen and oxygen atoms in total. The maximum Gasteiger partial charge on any atom is 0.191 e. The number of aromatic nitrogens is 5. The Morgan fingerprint density at radius 3 is 2.76 bits per heavy atom. The molecular formula is C20H29IN8. The molecule has 0 unspecified atom stereocenters. The molecule has 3 rings (SSSR count). The minimum atomic E-state index is 0. The van der Waals surface area contributed by atoms with Crippen molar-refractivity contribution >= 4 is 29.9 Å². The molecule has 0 aliphatic heterocycles. The lowest BCUT2D eigenvalue weighted by Crippen LogP contribution is -2.38. The van der Waals surface area contributed by atoms with E-state index in [2.05, 4.69) is 67.6 Å². The first kappa shape index (κ1) is 22.9. The Hall–Kier alpha value is -2.43. The topological polar surface area (TPSA) is 95.8 Å². The zero-order valence-electron chi connectivity index (χ0n) is 17.1. The van der Waals surface area contributed by atoms with Gasteiger partial charge in [-0.05, 0) is 44.9 Å². The van der Waals surface area contributed by atoms with Crippen LogP contribution in [0.1, 0.15) is 30.3 Å². The third-order valence-electron chi connectivity index (χ3n) is 4.32. The molecule has 0 radical (unpaired) electrons. The summed E-state index contributed by atoms with van der Waals surface area (Å²) in [4.78, 5) is 8.90. The largest absolute Gasteiger partial charge is 0.357 e. The monoisotopic (exact) mass is 508 g/mol. The van der Waals surface area contributed by atoms with Crippen LogP contribution in [0.25, 0.3) is 11.4 Å². The zero-order valence-corrected chi connectivity index (χ0v) is 19.5. The standard InChI is InChI=1S/C20H28N8.HI/c1-4-21-20(22-9-6-10-28-16(3)11-15(2)27-28)23-13-17-7-5-8-18(12-17)19-24-14-25-26-19;/h5,7-8,11-12,14H,4,6,9-10,13H2,1-3H3,(H2,21,22,23)(H,24,25,26);1H. The van der Waals surface area contributed by atoms with E-state index >= 15 is 0 Å². The number of guanidine groups is 1. The summed E-state index contributed by atoms with van der Waals surface area (Å²) in [6, 6.07) is 10.3. The number of H-pyrrole nitrogens is 1. The molecule has 0 aliphatic rings. The minimum absolute atomic E-state index is 0. The van der Waals surface area contributed by atoms with Crippen molar-refractivity contribution in [3.8, 4) is 11.4 Å². The molecule has 3 aromatic rings. The summed E-state index contributed by atoms with van der Waals surface area (Å²) in [7, 11) is 0. The van der Waals surface area contributed by atoms with E-state index in [9.17, 15) is 0 Å². The van der Waals surface area contributed by atoms with Crippen molar-refractivity contribution in [2.75, 3.05) is 13.1 Å². The van der Waals surface area contributed by atoms with Crippen molar-refractivity contribution in [2.45, 2.75) is 40.3 Å². The number of benzene rings is 1. The van der Waals surface area contributed by atoms with E-state index in [4.69, 9.17) is 4.99 Å². The Morgan fingerprint density at radius 1 is 1.21 bits per heavy atom. The van der Waals surface area contributed by atoms with Gasteiger partial charge in [0, 0.05) is 30.9 Å². The number of aryl methyl sites for hydroxylation is 3. The van der Waals surface area contributed by atoms with Crippen LogP contribution in [-0.4, -0.2) is 44.0 Å². The molecule has 0 spiro atoms. The van der Waals surface area contributed by atoms with Crippen molar-refractivity contribution in [1.82, 2.24) is 35.6 Å². The summed E-state index contributed by atoms with van der Waals surface area (Å²) >= 11 is 0. The molecule has 0 aliphatic carbocycles. The Morgan fingerprint density at radius 2 is 2.07 bits per heavy atom. The van der Waals surface area contributed by atoms with Gasteiger partial charge in [-0.15, -0.1) is 24.0 Å². The SMILES string of the molecule is CCNC(=NCc1cccc(-c2ncn[nH]2)c1)NCCCn1nc(C)cc1C.I. The first-order valence-corrected chi connectivity index (χ1v) is 9.63. The van der Waals surface area contributed by atoms with Gasteiger partial charge in [-0.3, -0.25) is 9.78 Å². The van der Waals surface area contributed by atoms with Gasteiger partial charge in [0.15, 0.2) is 11.8 Å². The second-order valence-corrected chi connectivity index (χ2v) is 6.66. The van der Waals surface area contributed by atoms with Gasteiger partial charge in [0.1, 0.15) is 6.33 Å². The van der Waals surface area contributed by atoms with Crippen LogP contribution in [0.4, 0.5) is 0 Å². The van der Waals surface area contributed by atoms with Gasteiger partial charge < -0.3 is 10.6 Å². The molecule has 156 valence electrons. The number of aromatic amines is 1. The van der Waals surface area contributed by atoms with Gasteiger partial charge in [-0.25, -0.2) is 9.98 Å². The van der Waals surface area contributed by atoms with Gasteiger partial charge >= 0.3 is 0 Å². The molecule has 9 heteroatoms.